The molecule has 9 nitrogen and oxygen atoms in total. The number of imidazole rings is 1. The maximum Gasteiger partial charge on any atom is 0.229 e. The van der Waals surface area contributed by atoms with Gasteiger partial charge in [-0.2, -0.15) is 15.1 Å². The Morgan fingerprint density at radius 2 is 2.03 bits per heavy atom. The summed E-state index contributed by atoms with van der Waals surface area (Å²) in [6.45, 7) is 9.45. The molecule has 0 bridgehead atoms. The van der Waals surface area contributed by atoms with E-state index in [9.17, 15) is 0 Å². The maximum absolute atomic E-state index is 5.49. The molecule has 0 radical (unpaired) electrons. The smallest absolute Gasteiger partial charge is 0.229 e. The number of hydrogen-bond acceptors (Lipinski definition) is 8. The average molecular weight is 422 g/mol. The average Bonchev–Trinajstić information content (AvgIpc) is 3.16. The van der Waals surface area contributed by atoms with Crippen LogP contribution in [0.3, 0.4) is 0 Å². The lowest BCUT2D eigenvalue weighted by atomic mass is 9.89. The first kappa shape index (κ1) is 19.9. The van der Waals surface area contributed by atoms with Crippen molar-refractivity contribution in [1.29, 1.82) is 0 Å². The number of morpholine rings is 1. The van der Waals surface area contributed by atoms with E-state index in [2.05, 4.69) is 51.0 Å². The fraction of sp³-hybridized carbons (Fsp3) is 0.455. The number of ether oxygens (including phenoxy) is 2. The lowest BCUT2D eigenvalue weighted by molar-refractivity contribution is -0.109. The predicted octanol–water partition coefficient (Wildman–Crippen LogP) is 2.45. The van der Waals surface area contributed by atoms with Crippen molar-refractivity contribution in [2.75, 3.05) is 49.8 Å². The third kappa shape index (κ3) is 4.24. The van der Waals surface area contributed by atoms with Gasteiger partial charge in [-0.15, -0.1) is 0 Å². The molecule has 3 aromatic rings. The summed E-state index contributed by atoms with van der Waals surface area (Å²) in [7, 11) is 0. The highest BCUT2D eigenvalue weighted by atomic mass is 16.5. The van der Waals surface area contributed by atoms with Crippen LogP contribution in [0.1, 0.15) is 18.1 Å². The summed E-state index contributed by atoms with van der Waals surface area (Å²) in [6.07, 6.45) is 3.63. The zero-order valence-corrected chi connectivity index (χ0v) is 17.9. The molecule has 2 fully saturated rings. The van der Waals surface area contributed by atoms with Gasteiger partial charge in [-0.3, -0.25) is 5.43 Å². The van der Waals surface area contributed by atoms with E-state index >= 15 is 0 Å². The van der Waals surface area contributed by atoms with Crippen molar-refractivity contribution in [3.8, 4) is 0 Å². The molecule has 0 aliphatic carbocycles. The number of anilines is 2. The zero-order valence-electron chi connectivity index (χ0n) is 17.9. The number of benzene rings is 1. The van der Waals surface area contributed by atoms with Crippen LogP contribution < -0.4 is 10.3 Å². The Kier molecular flexibility index (Phi) is 5.29. The molecule has 1 aromatic carbocycles. The van der Waals surface area contributed by atoms with Crippen LogP contribution in [0.2, 0.25) is 0 Å². The van der Waals surface area contributed by atoms with Crippen molar-refractivity contribution in [2.24, 2.45) is 10.5 Å². The first-order valence-electron chi connectivity index (χ1n) is 10.6. The Labute approximate surface area is 181 Å². The molecule has 162 valence electrons. The van der Waals surface area contributed by atoms with Gasteiger partial charge in [0.05, 0.1) is 39.0 Å². The second kappa shape index (κ2) is 8.24. The van der Waals surface area contributed by atoms with Crippen LogP contribution in [-0.2, 0) is 16.0 Å². The number of aryl methyl sites for hydroxylation is 1. The minimum Gasteiger partial charge on any atom is -0.380 e. The van der Waals surface area contributed by atoms with Crippen LogP contribution in [0, 0.1) is 12.3 Å². The third-order valence-electron chi connectivity index (χ3n) is 5.63. The topological polar surface area (TPSA) is 89.7 Å². The molecule has 2 aromatic heterocycles. The molecule has 2 saturated heterocycles. The van der Waals surface area contributed by atoms with Crippen molar-refractivity contribution in [2.45, 2.75) is 20.4 Å². The summed E-state index contributed by atoms with van der Waals surface area (Å²) < 4.78 is 13.0. The predicted molar refractivity (Wildman–Crippen MR) is 120 cm³/mol. The monoisotopic (exact) mass is 421 g/mol. The first-order chi connectivity index (χ1) is 15.1. The summed E-state index contributed by atoms with van der Waals surface area (Å²) in [5, 5.41) is 4.42. The van der Waals surface area contributed by atoms with E-state index in [0.29, 0.717) is 30.5 Å². The third-order valence-corrected chi connectivity index (χ3v) is 5.63. The molecule has 0 spiro atoms. The summed E-state index contributed by atoms with van der Waals surface area (Å²) in [5.74, 6) is 1.27. The number of hydrogen-bond donors (Lipinski definition) is 1. The van der Waals surface area contributed by atoms with Gasteiger partial charge in [-0.25, -0.2) is 4.98 Å². The minimum absolute atomic E-state index is 0.106. The second-order valence-electron chi connectivity index (χ2n) is 8.60. The van der Waals surface area contributed by atoms with Crippen LogP contribution in [0.25, 0.3) is 11.2 Å². The normalized spacial score (nSPS) is 18.5. The molecule has 0 atom stereocenters. The molecule has 0 unspecified atom stereocenters. The van der Waals surface area contributed by atoms with E-state index in [4.69, 9.17) is 19.4 Å². The van der Waals surface area contributed by atoms with E-state index < -0.39 is 0 Å². The van der Waals surface area contributed by atoms with Crippen molar-refractivity contribution in [3.63, 3.8) is 0 Å². The van der Waals surface area contributed by atoms with Crippen molar-refractivity contribution in [1.82, 2.24) is 19.5 Å². The fourth-order valence-corrected chi connectivity index (χ4v) is 3.90. The Hall–Kier alpha value is -3.04. The number of rotatable bonds is 6. The number of nitrogens with one attached hydrogen (secondary N) is 1. The molecule has 31 heavy (non-hydrogen) atoms. The van der Waals surface area contributed by atoms with E-state index in [1.807, 2.05) is 18.5 Å². The highest BCUT2D eigenvalue weighted by Gasteiger charge is 2.34. The van der Waals surface area contributed by atoms with Gasteiger partial charge < -0.3 is 18.9 Å². The Balaban J connectivity index is 1.48. The van der Waals surface area contributed by atoms with Crippen LogP contribution in [-0.4, -0.2) is 65.3 Å². The molecule has 4 heterocycles. The van der Waals surface area contributed by atoms with E-state index in [1.54, 1.807) is 6.21 Å². The van der Waals surface area contributed by atoms with Crippen LogP contribution in [0.15, 0.2) is 35.7 Å². The highest BCUT2D eigenvalue weighted by Crippen LogP contribution is 2.31. The number of hydrazone groups is 1. The molecule has 9 heteroatoms. The molecule has 0 saturated carbocycles. The molecular formula is C22H27N7O2. The van der Waals surface area contributed by atoms with Crippen LogP contribution >= 0.6 is 0 Å². The highest BCUT2D eigenvalue weighted by molar-refractivity contribution is 5.86. The molecule has 0 amide bonds. The quantitative estimate of drug-likeness (QED) is 0.483. The summed E-state index contributed by atoms with van der Waals surface area (Å²) in [5.41, 5.74) is 6.93. The minimum atomic E-state index is 0.106. The van der Waals surface area contributed by atoms with Crippen molar-refractivity contribution in [3.05, 3.63) is 41.7 Å². The molecule has 1 N–H and O–H groups in total. The summed E-state index contributed by atoms with van der Waals surface area (Å²) in [6, 6.07) is 8.18. The van der Waals surface area contributed by atoms with E-state index in [0.717, 1.165) is 44.1 Å². The van der Waals surface area contributed by atoms with E-state index in [-0.39, 0.29) is 5.41 Å². The lowest BCUT2D eigenvalue weighted by Crippen LogP contribution is -2.43. The van der Waals surface area contributed by atoms with Gasteiger partial charge >= 0.3 is 0 Å². The van der Waals surface area contributed by atoms with Gasteiger partial charge in [0.25, 0.3) is 0 Å². The van der Waals surface area contributed by atoms with Gasteiger partial charge in [0.2, 0.25) is 5.95 Å². The number of aromatic nitrogens is 4. The van der Waals surface area contributed by atoms with Crippen LogP contribution in [0.5, 0.6) is 0 Å². The van der Waals surface area contributed by atoms with Crippen LogP contribution in [0.4, 0.5) is 11.8 Å². The molecular weight excluding hydrogens is 394 g/mol. The van der Waals surface area contributed by atoms with Gasteiger partial charge in [-0.1, -0.05) is 36.8 Å². The van der Waals surface area contributed by atoms with Crippen molar-refractivity contribution < 1.29 is 9.47 Å². The van der Waals surface area contributed by atoms with Gasteiger partial charge in [0, 0.05) is 25.0 Å². The largest absolute Gasteiger partial charge is 0.380 e. The molecule has 5 rings (SSSR count). The first-order valence-corrected chi connectivity index (χ1v) is 10.6. The fourth-order valence-electron chi connectivity index (χ4n) is 3.90. The zero-order chi connectivity index (χ0) is 21.3. The summed E-state index contributed by atoms with van der Waals surface area (Å²) in [4.78, 5) is 16.4. The Morgan fingerprint density at radius 1 is 1.19 bits per heavy atom. The Bertz CT molecular complexity index is 1100. The Morgan fingerprint density at radius 3 is 2.77 bits per heavy atom. The van der Waals surface area contributed by atoms with Gasteiger partial charge in [0.15, 0.2) is 17.0 Å². The molecule has 2 aliphatic heterocycles. The SMILES string of the molecule is Cc1cccc(/C=N/Nc2nc(N3CCOCC3)nc3c2ncn3CC2(C)COC2)c1. The van der Waals surface area contributed by atoms with Gasteiger partial charge in [-0.05, 0) is 12.5 Å². The maximum atomic E-state index is 5.49. The number of nitrogens with zero attached hydrogens (tertiary/aromatic N) is 6. The second-order valence-corrected chi connectivity index (χ2v) is 8.60. The summed E-state index contributed by atoms with van der Waals surface area (Å²) >= 11 is 0. The van der Waals surface area contributed by atoms with E-state index in [1.165, 1.54) is 5.56 Å². The standard InChI is InChI=1S/C22H27N7O2/c1-16-4-3-5-17(10-16)11-24-27-19-18-20(26-21(25-19)28-6-8-30-9-7-28)29(15-23-18)12-22(2)13-31-14-22/h3-5,10-11,15H,6-9,12-14H2,1-2H3,(H,25,26,27)/b24-11+. The van der Waals surface area contributed by atoms with Gasteiger partial charge in [0.1, 0.15) is 0 Å². The van der Waals surface area contributed by atoms with Crippen molar-refractivity contribution >= 4 is 29.1 Å². The molecule has 2 aliphatic rings. The lowest BCUT2D eigenvalue weighted by Gasteiger charge is -2.38. The number of fused-ring (bicyclic) bond motifs is 1.